The minimum Gasteiger partial charge on any atom is -0.468 e. The molecule has 5 rings (SSSR count). The molecular weight excluding hydrogens is 586 g/mol. The fourth-order valence-electron chi connectivity index (χ4n) is 6.20. The van der Waals surface area contributed by atoms with Crippen molar-refractivity contribution in [3.63, 3.8) is 0 Å². The van der Waals surface area contributed by atoms with Gasteiger partial charge < -0.3 is 15.0 Å². The molecule has 1 unspecified atom stereocenters. The van der Waals surface area contributed by atoms with Gasteiger partial charge in [0.15, 0.2) is 0 Å². The lowest BCUT2D eigenvalue weighted by Crippen LogP contribution is -2.59. The maximum absolute atomic E-state index is 13.8. The number of rotatable bonds is 9. The normalized spacial score (nSPS) is 20.9. The average molecular weight is 624 g/mol. The number of carbonyl (C=O) groups is 4. The van der Waals surface area contributed by atoms with Gasteiger partial charge >= 0.3 is 18.0 Å². The number of urea groups is 2. The van der Waals surface area contributed by atoms with Gasteiger partial charge in [0.1, 0.15) is 6.04 Å². The summed E-state index contributed by atoms with van der Waals surface area (Å²) < 4.78 is 5.18. The SMILES string of the molecule is CCC1=C(C(=O)N(O)CCCN2CCC(C(=O)OC)(c3ccccc3)CC2)C(C2=CC3=CNON3C=C2)N(C(=O)NO)C(=O)N1. The second-order valence-electron chi connectivity index (χ2n) is 11.0. The summed E-state index contributed by atoms with van der Waals surface area (Å²) in [5.41, 5.74) is 5.37. The molecule has 0 saturated carbocycles. The molecule has 0 bridgehead atoms. The lowest BCUT2D eigenvalue weighted by atomic mass is 9.72. The van der Waals surface area contributed by atoms with E-state index in [9.17, 15) is 29.6 Å². The second kappa shape index (κ2) is 13.5. The highest BCUT2D eigenvalue weighted by Crippen LogP contribution is 2.37. The van der Waals surface area contributed by atoms with Crippen molar-refractivity contribution in [3.8, 4) is 0 Å². The van der Waals surface area contributed by atoms with E-state index in [-0.39, 0.29) is 30.2 Å². The Bertz CT molecular complexity index is 1450. The summed E-state index contributed by atoms with van der Waals surface area (Å²) in [6, 6.07) is 6.33. The highest BCUT2D eigenvalue weighted by atomic mass is 16.8. The number of likely N-dealkylation sites (tertiary alicyclic amines) is 1. The molecule has 0 aromatic heterocycles. The molecular formula is C30H37N7O8. The van der Waals surface area contributed by atoms with Crippen molar-refractivity contribution in [3.05, 3.63) is 83.0 Å². The largest absolute Gasteiger partial charge is 0.468 e. The highest BCUT2D eigenvalue weighted by Gasteiger charge is 2.45. The van der Waals surface area contributed by atoms with Gasteiger partial charge in [-0.05, 0) is 68.6 Å². The van der Waals surface area contributed by atoms with E-state index in [1.807, 2.05) is 30.3 Å². The van der Waals surface area contributed by atoms with Crippen LogP contribution in [0.25, 0.3) is 0 Å². The molecule has 1 fully saturated rings. The summed E-state index contributed by atoms with van der Waals surface area (Å²) in [7, 11) is 1.40. The van der Waals surface area contributed by atoms with Crippen LogP contribution in [0.15, 0.2) is 77.4 Å². The van der Waals surface area contributed by atoms with Crippen LogP contribution in [0.4, 0.5) is 9.59 Å². The van der Waals surface area contributed by atoms with Crippen LogP contribution in [0.2, 0.25) is 0 Å². The summed E-state index contributed by atoms with van der Waals surface area (Å²) in [5, 5.41) is 24.9. The predicted octanol–water partition coefficient (Wildman–Crippen LogP) is 2.00. The average Bonchev–Trinajstić information content (AvgIpc) is 3.55. The second-order valence-corrected chi connectivity index (χ2v) is 11.0. The summed E-state index contributed by atoms with van der Waals surface area (Å²) in [6.45, 7) is 3.50. The third-order valence-electron chi connectivity index (χ3n) is 8.57. The number of esters is 1. The number of nitrogens with zero attached hydrogens (tertiary/aromatic N) is 4. The summed E-state index contributed by atoms with van der Waals surface area (Å²) in [5.74, 6) is -1.06. The number of hydrogen-bond donors (Lipinski definition) is 5. The molecule has 0 radical (unpaired) electrons. The van der Waals surface area contributed by atoms with Crippen molar-refractivity contribution >= 4 is 23.9 Å². The Labute approximate surface area is 259 Å². The van der Waals surface area contributed by atoms with Crippen LogP contribution in [-0.4, -0.2) is 93.6 Å². The van der Waals surface area contributed by atoms with E-state index in [4.69, 9.17) is 9.68 Å². The summed E-state index contributed by atoms with van der Waals surface area (Å²) in [6.07, 6.45) is 8.04. The van der Waals surface area contributed by atoms with Gasteiger partial charge in [-0.2, -0.15) is 4.94 Å². The van der Waals surface area contributed by atoms with Crippen LogP contribution in [0, 0.1) is 0 Å². The topological polar surface area (TPSA) is 176 Å². The van der Waals surface area contributed by atoms with E-state index in [0.717, 1.165) is 5.56 Å². The molecule has 1 aromatic rings. The number of amides is 5. The Balaban J connectivity index is 1.29. The molecule has 4 aliphatic heterocycles. The van der Waals surface area contributed by atoms with Crippen molar-refractivity contribution in [2.24, 2.45) is 0 Å². The first-order chi connectivity index (χ1) is 21.7. The Hall–Kier alpha value is -4.70. The van der Waals surface area contributed by atoms with Crippen molar-refractivity contribution in [1.82, 2.24) is 36.2 Å². The molecule has 1 aromatic carbocycles. The monoisotopic (exact) mass is 623 g/mol. The number of benzene rings is 1. The first-order valence-electron chi connectivity index (χ1n) is 14.7. The number of hydroxylamine groups is 6. The number of piperidine rings is 1. The van der Waals surface area contributed by atoms with Crippen LogP contribution in [0.5, 0.6) is 0 Å². The van der Waals surface area contributed by atoms with Crippen LogP contribution in [0.3, 0.4) is 0 Å². The number of allylic oxidation sites excluding steroid dienone is 2. The maximum atomic E-state index is 13.8. The lowest BCUT2D eigenvalue weighted by Gasteiger charge is -2.40. The van der Waals surface area contributed by atoms with Crippen molar-refractivity contribution in [2.45, 2.75) is 44.1 Å². The van der Waals surface area contributed by atoms with Gasteiger partial charge in [0, 0.05) is 18.4 Å². The fraction of sp³-hybridized carbons (Fsp3) is 0.400. The Kier molecular flexibility index (Phi) is 9.53. The van der Waals surface area contributed by atoms with Gasteiger partial charge in [-0.25, -0.2) is 35.6 Å². The first-order valence-corrected chi connectivity index (χ1v) is 14.7. The smallest absolute Gasteiger partial charge is 0.350 e. The van der Waals surface area contributed by atoms with Crippen LogP contribution >= 0.6 is 0 Å². The summed E-state index contributed by atoms with van der Waals surface area (Å²) in [4.78, 5) is 60.4. The van der Waals surface area contributed by atoms with Crippen molar-refractivity contribution in [2.75, 3.05) is 33.3 Å². The van der Waals surface area contributed by atoms with Gasteiger partial charge in [0.05, 0.1) is 30.0 Å². The van der Waals surface area contributed by atoms with Crippen molar-refractivity contribution in [1.29, 1.82) is 0 Å². The summed E-state index contributed by atoms with van der Waals surface area (Å²) >= 11 is 0. The predicted molar refractivity (Wildman–Crippen MR) is 157 cm³/mol. The Morgan fingerprint density at radius 2 is 1.93 bits per heavy atom. The van der Waals surface area contributed by atoms with Gasteiger partial charge in [0.2, 0.25) is 0 Å². The molecule has 45 heavy (non-hydrogen) atoms. The minimum atomic E-state index is -1.27. The molecule has 15 heteroatoms. The van der Waals surface area contributed by atoms with E-state index in [0.29, 0.717) is 60.1 Å². The van der Waals surface area contributed by atoms with E-state index in [2.05, 4.69) is 15.7 Å². The molecule has 240 valence electrons. The number of carbonyl (C=O) groups excluding carboxylic acids is 4. The third kappa shape index (κ3) is 6.15. The van der Waals surface area contributed by atoms with E-state index in [1.54, 1.807) is 31.5 Å². The standard InChI is InChI=1S/C30H37N7O8/c1-3-23-24(25(37(28(40)32-23)29(41)33-42)20-10-15-36-22(18-20)19-31-45-36)26(38)35(43)14-7-13-34-16-11-30(12-17-34,27(39)44-2)21-8-5-4-6-9-21/h4-6,8-10,15,18-19,25,31,42-43H,3,7,11-14,16-17H2,1-2H3,(H,32,40)(H,33,41). The van der Waals surface area contributed by atoms with Crippen LogP contribution in [0.1, 0.15) is 38.2 Å². The van der Waals surface area contributed by atoms with Crippen LogP contribution in [-0.2, 0) is 24.7 Å². The van der Waals surface area contributed by atoms with Crippen LogP contribution < -0.4 is 16.3 Å². The molecule has 4 aliphatic rings. The first kappa shape index (κ1) is 31.7. The van der Waals surface area contributed by atoms with E-state index in [1.165, 1.54) is 17.7 Å². The number of nitrogens with one attached hydrogen (secondary N) is 3. The quantitative estimate of drug-likeness (QED) is 0.155. The van der Waals surface area contributed by atoms with Gasteiger partial charge in [0.25, 0.3) is 5.91 Å². The zero-order valence-corrected chi connectivity index (χ0v) is 25.1. The van der Waals surface area contributed by atoms with E-state index < -0.39 is 29.4 Å². The number of hydrogen-bond acceptors (Lipinski definition) is 11. The molecule has 5 amide bonds. The molecule has 5 N–H and O–H groups in total. The van der Waals surface area contributed by atoms with Crippen molar-refractivity contribution < 1.29 is 39.3 Å². The molecule has 0 spiro atoms. The maximum Gasteiger partial charge on any atom is 0.350 e. The molecule has 4 heterocycles. The number of imide groups is 1. The number of methoxy groups -OCH3 is 1. The van der Waals surface area contributed by atoms with Gasteiger partial charge in [-0.15, -0.1) is 0 Å². The third-order valence-corrected chi connectivity index (χ3v) is 8.57. The fourth-order valence-corrected chi connectivity index (χ4v) is 6.20. The Morgan fingerprint density at radius 3 is 2.60 bits per heavy atom. The Morgan fingerprint density at radius 1 is 1.20 bits per heavy atom. The zero-order valence-electron chi connectivity index (χ0n) is 25.1. The molecule has 15 nitrogen and oxygen atoms in total. The lowest BCUT2D eigenvalue weighted by molar-refractivity contribution is -0.161. The molecule has 1 saturated heterocycles. The highest BCUT2D eigenvalue weighted by molar-refractivity contribution is 6.03. The minimum absolute atomic E-state index is 0.0243. The number of fused-ring (bicyclic) bond motifs is 1. The van der Waals surface area contributed by atoms with E-state index >= 15 is 0 Å². The van der Waals surface area contributed by atoms with Gasteiger partial charge in [-0.1, -0.05) is 37.3 Å². The van der Waals surface area contributed by atoms with Gasteiger partial charge in [-0.3, -0.25) is 20.0 Å². The number of ether oxygens (including phenoxy) is 1. The molecule has 0 aliphatic carbocycles. The molecule has 1 atom stereocenters. The zero-order chi connectivity index (χ0) is 32.1.